The van der Waals surface area contributed by atoms with Gasteiger partial charge in [-0.2, -0.15) is 0 Å². The number of hydrogen-bond donors (Lipinski definition) is 0. The number of hydrogen-bond acceptors (Lipinski definition) is 3. The summed E-state index contributed by atoms with van der Waals surface area (Å²) < 4.78 is 12.6. The van der Waals surface area contributed by atoms with Crippen LogP contribution >= 0.6 is 0 Å². The van der Waals surface area contributed by atoms with E-state index in [-0.39, 0.29) is 0 Å². The van der Waals surface area contributed by atoms with Gasteiger partial charge in [-0.05, 0) is 94.0 Å². The van der Waals surface area contributed by atoms with Gasteiger partial charge in [0.15, 0.2) is 0 Å². The number of furan rings is 2. The third kappa shape index (κ3) is 4.07. The van der Waals surface area contributed by atoms with Crippen LogP contribution in [0.4, 0.5) is 17.1 Å². The first-order chi connectivity index (χ1) is 23.3. The van der Waals surface area contributed by atoms with Crippen molar-refractivity contribution in [2.75, 3.05) is 4.90 Å². The molecule has 2 aromatic heterocycles. The van der Waals surface area contributed by atoms with Crippen LogP contribution in [-0.4, -0.2) is 0 Å². The molecule has 0 aliphatic heterocycles. The molecule has 0 amide bonds. The topological polar surface area (TPSA) is 29.5 Å². The highest BCUT2D eigenvalue weighted by molar-refractivity contribution is 6.15. The molecule has 47 heavy (non-hydrogen) atoms. The van der Waals surface area contributed by atoms with Gasteiger partial charge in [0.2, 0.25) is 0 Å². The number of rotatable bonds is 4. The molecule has 0 atom stereocenters. The smallest absolute Gasteiger partial charge is 0.143 e. The second kappa shape index (κ2) is 10.1. The fraction of sp³-hybridized carbons (Fsp3) is 0. The summed E-state index contributed by atoms with van der Waals surface area (Å²) >= 11 is 0. The van der Waals surface area contributed by atoms with E-state index in [1.807, 2.05) is 24.3 Å². The standard InChI is InChI=1S/C44H27NO2/c1-2-10-34-28(8-1)9-7-13-35(34)29-16-19-31(20-17-29)45(33-22-25-43-40(27-33)38-12-4-5-14-41(38)46-43)32-21-24-36-30(26-32)18-23-39-37-11-3-6-15-42(37)47-44(36)39/h1-27H. The van der Waals surface area contributed by atoms with Crippen LogP contribution in [0, 0.1) is 0 Å². The van der Waals surface area contributed by atoms with Gasteiger partial charge >= 0.3 is 0 Å². The highest BCUT2D eigenvalue weighted by atomic mass is 16.3. The van der Waals surface area contributed by atoms with Crippen LogP contribution in [0.1, 0.15) is 0 Å². The third-order valence-electron chi connectivity index (χ3n) is 9.45. The minimum atomic E-state index is 0.881. The molecule has 2 heterocycles. The quantitative estimate of drug-likeness (QED) is 0.201. The maximum Gasteiger partial charge on any atom is 0.143 e. The first-order valence-corrected chi connectivity index (χ1v) is 15.9. The maximum atomic E-state index is 6.38. The Labute approximate surface area is 270 Å². The Hall–Kier alpha value is -6.32. The summed E-state index contributed by atoms with van der Waals surface area (Å²) in [5.74, 6) is 0. The van der Waals surface area contributed by atoms with Crippen molar-refractivity contribution in [2.45, 2.75) is 0 Å². The van der Waals surface area contributed by atoms with Crippen molar-refractivity contribution in [3.63, 3.8) is 0 Å². The van der Waals surface area contributed by atoms with E-state index in [0.29, 0.717) is 0 Å². The van der Waals surface area contributed by atoms with Crippen molar-refractivity contribution in [1.29, 1.82) is 0 Å². The summed E-state index contributed by atoms with van der Waals surface area (Å²) in [4.78, 5) is 2.33. The highest BCUT2D eigenvalue weighted by Crippen LogP contribution is 2.42. The largest absolute Gasteiger partial charge is 0.456 e. The monoisotopic (exact) mass is 601 g/mol. The lowest BCUT2D eigenvalue weighted by molar-refractivity contribution is 0.669. The fourth-order valence-corrected chi connectivity index (χ4v) is 7.21. The molecule has 3 heteroatoms. The van der Waals surface area contributed by atoms with Gasteiger partial charge in [0, 0.05) is 44.0 Å². The molecule has 0 N–H and O–H groups in total. The molecule has 0 radical (unpaired) electrons. The van der Waals surface area contributed by atoms with Crippen molar-refractivity contribution in [1.82, 2.24) is 0 Å². The van der Waals surface area contributed by atoms with Crippen molar-refractivity contribution in [2.24, 2.45) is 0 Å². The van der Waals surface area contributed by atoms with E-state index < -0.39 is 0 Å². The zero-order chi connectivity index (χ0) is 30.9. The molecular weight excluding hydrogens is 574 g/mol. The van der Waals surface area contributed by atoms with E-state index in [1.54, 1.807) is 0 Å². The molecule has 0 unspecified atom stereocenters. The van der Waals surface area contributed by atoms with E-state index >= 15 is 0 Å². The van der Waals surface area contributed by atoms with Gasteiger partial charge in [0.1, 0.15) is 22.3 Å². The minimum absolute atomic E-state index is 0.881. The summed E-state index contributed by atoms with van der Waals surface area (Å²) in [6.07, 6.45) is 0. The minimum Gasteiger partial charge on any atom is -0.456 e. The number of benzene rings is 8. The van der Waals surface area contributed by atoms with Crippen molar-refractivity contribution in [3.05, 3.63) is 164 Å². The lowest BCUT2D eigenvalue weighted by Gasteiger charge is -2.26. The fourth-order valence-electron chi connectivity index (χ4n) is 7.21. The predicted molar refractivity (Wildman–Crippen MR) is 196 cm³/mol. The summed E-state index contributed by atoms with van der Waals surface area (Å²) in [5.41, 5.74) is 9.23. The first kappa shape index (κ1) is 26.0. The van der Waals surface area contributed by atoms with E-state index in [1.165, 1.54) is 21.9 Å². The van der Waals surface area contributed by atoms with Crippen molar-refractivity contribution in [3.8, 4) is 11.1 Å². The van der Waals surface area contributed by atoms with Crippen LogP contribution in [-0.2, 0) is 0 Å². The Morgan fingerprint density at radius 1 is 0.340 bits per heavy atom. The molecule has 220 valence electrons. The molecule has 0 saturated carbocycles. The molecule has 0 aliphatic carbocycles. The molecule has 10 rings (SSSR count). The Balaban J connectivity index is 1.15. The highest BCUT2D eigenvalue weighted by Gasteiger charge is 2.18. The number of nitrogens with zero attached hydrogens (tertiary/aromatic N) is 1. The van der Waals surface area contributed by atoms with Crippen LogP contribution in [0.15, 0.2) is 173 Å². The van der Waals surface area contributed by atoms with Gasteiger partial charge in [-0.1, -0.05) is 97.1 Å². The van der Waals surface area contributed by atoms with E-state index in [2.05, 4.69) is 144 Å². The normalized spacial score (nSPS) is 11.8. The average molecular weight is 602 g/mol. The van der Waals surface area contributed by atoms with Crippen LogP contribution in [0.2, 0.25) is 0 Å². The summed E-state index contributed by atoms with van der Waals surface area (Å²) in [7, 11) is 0. The molecule has 0 bridgehead atoms. The predicted octanol–water partition coefficient (Wildman–Crippen LogP) is 12.9. The van der Waals surface area contributed by atoms with Gasteiger partial charge in [-0.3, -0.25) is 0 Å². The molecular formula is C44H27NO2. The molecule has 0 spiro atoms. The summed E-state index contributed by atoms with van der Waals surface area (Å²) in [6, 6.07) is 58.0. The first-order valence-electron chi connectivity index (χ1n) is 15.9. The maximum absolute atomic E-state index is 6.38. The van der Waals surface area contributed by atoms with Gasteiger partial charge in [0.05, 0.1) is 0 Å². The summed E-state index contributed by atoms with van der Waals surface area (Å²) in [6.45, 7) is 0. The second-order valence-corrected chi connectivity index (χ2v) is 12.1. The number of para-hydroxylation sites is 2. The van der Waals surface area contributed by atoms with Crippen molar-refractivity contribution >= 4 is 82.5 Å². The second-order valence-electron chi connectivity index (χ2n) is 12.1. The van der Waals surface area contributed by atoms with Crippen LogP contribution in [0.25, 0.3) is 76.5 Å². The number of anilines is 3. The Kier molecular flexibility index (Phi) is 5.57. The number of fused-ring (bicyclic) bond motifs is 9. The van der Waals surface area contributed by atoms with Gasteiger partial charge < -0.3 is 13.7 Å². The Morgan fingerprint density at radius 3 is 1.81 bits per heavy atom. The van der Waals surface area contributed by atoms with Crippen molar-refractivity contribution < 1.29 is 8.83 Å². The van der Waals surface area contributed by atoms with Crippen LogP contribution in [0.3, 0.4) is 0 Å². The summed E-state index contributed by atoms with van der Waals surface area (Å²) in [5, 5.41) is 9.21. The Morgan fingerprint density at radius 2 is 0.957 bits per heavy atom. The molecule has 8 aromatic carbocycles. The van der Waals surface area contributed by atoms with Crippen LogP contribution in [0.5, 0.6) is 0 Å². The third-order valence-corrected chi connectivity index (χ3v) is 9.45. The molecule has 0 fully saturated rings. The van der Waals surface area contributed by atoms with Gasteiger partial charge in [0.25, 0.3) is 0 Å². The molecule has 0 saturated heterocycles. The van der Waals surface area contributed by atoms with Gasteiger partial charge in [-0.15, -0.1) is 0 Å². The zero-order valence-corrected chi connectivity index (χ0v) is 25.4. The lowest BCUT2D eigenvalue weighted by Crippen LogP contribution is -2.09. The van der Waals surface area contributed by atoms with E-state index in [9.17, 15) is 0 Å². The van der Waals surface area contributed by atoms with E-state index in [4.69, 9.17) is 8.83 Å². The van der Waals surface area contributed by atoms with Gasteiger partial charge in [-0.25, -0.2) is 0 Å². The van der Waals surface area contributed by atoms with E-state index in [0.717, 1.165) is 71.7 Å². The molecule has 10 aromatic rings. The molecule has 3 nitrogen and oxygen atoms in total. The zero-order valence-electron chi connectivity index (χ0n) is 25.4. The Bertz CT molecular complexity index is 2800. The SMILES string of the molecule is c1ccc2c(-c3ccc(N(c4ccc5c(ccc6c7ccccc7oc56)c4)c4ccc5oc6ccccc6c5c4)cc3)cccc2c1. The molecule has 0 aliphatic rings. The average Bonchev–Trinajstić information content (AvgIpc) is 3.70. The van der Waals surface area contributed by atoms with Crippen LogP contribution < -0.4 is 4.90 Å². The lowest BCUT2D eigenvalue weighted by atomic mass is 9.98.